The van der Waals surface area contributed by atoms with E-state index in [2.05, 4.69) is 50.0 Å². The van der Waals surface area contributed by atoms with Crippen LogP contribution in [-0.4, -0.2) is 11.5 Å². The molecule has 0 aliphatic carbocycles. The summed E-state index contributed by atoms with van der Waals surface area (Å²) in [7, 11) is 0. The van der Waals surface area contributed by atoms with Gasteiger partial charge in [0.1, 0.15) is 0 Å². The minimum Gasteiger partial charge on any atom is -0.358 e. The van der Waals surface area contributed by atoms with E-state index in [1.807, 2.05) is 0 Å². The highest BCUT2D eigenvalue weighted by Gasteiger charge is 2.21. The Morgan fingerprint density at radius 1 is 1.19 bits per heavy atom. The lowest BCUT2D eigenvalue weighted by Gasteiger charge is -2.19. The van der Waals surface area contributed by atoms with E-state index in [0.717, 1.165) is 6.42 Å². The van der Waals surface area contributed by atoms with Gasteiger partial charge in [-0.15, -0.1) is 0 Å². The molecule has 0 aliphatic heterocycles. The number of nitrogens with two attached hydrogens (primary N) is 1. The van der Waals surface area contributed by atoms with Crippen molar-refractivity contribution in [1.82, 2.24) is 4.98 Å². The summed E-state index contributed by atoms with van der Waals surface area (Å²) < 4.78 is 0. The van der Waals surface area contributed by atoms with Gasteiger partial charge in [0.05, 0.1) is 0 Å². The summed E-state index contributed by atoms with van der Waals surface area (Å²) in [6, 6.07) is 8.46. The molecule has 2 nitrogen and oxygen atoms in total. The molecule has 0 spiro atoms. The number of benzene rings is 1. The molecule has 1 heterocycles. The second-order valence-corrected chi connectivity index (χ2v) is 5.31. The van der Waals surface area contributed by atoms with Gasteiger partial charge in [0.15, 0.2) is 0 Å². The Bertz CT molecular complexity index is 489. The van der Waals surface area contributed by atoms with Gasteiger partial charge in [-0.1, -0.05) is 39.0 Å². The second kappa shape index (κ2) is 3.95. The third-order valence-electron chi connectivity index (χ3n) is 2.96. The highest BCUT2D eigenvalue weighted by atomic mass is 14.7. The smallest absolute Gasteiger partial charge is 0.0459 e. The third kappa shape index (κ3) is 1.85. The maximum Gasteiger partial charge on any atom is 0.0459 e. The van der Waals surface area contributed by atoms with E-state index in [0.29, 0.717) is 6.54 Å². The number of H-pyrrole nitrogens is 1. The Hall–Kier alpha value is -1.28. The lowest BCUT2D eigenvalue weighted by molar-refractivity contribution is 0.567. The summed E-state index contributed by atoms with van der Waals surface area (Å²) in [5.41, 5.74) is 9.77. The van der Waals surface area contributed by atoms with E-state index in [1.54, 1.807) is 0 Å². The van der Waals surface area contributed by atoms with E-state index < -0.39 is 0 Å². The van der Waals surface area contributed by atoms with Gasteiger partial charge in [0, 0.05) is 22.0 Å². The minimum absolute atomic E-state index is 0.142. The van der Waals surface area contributed by atoms with Crippen molar-refractivity contribution in [3.63, 3.8) is 0 Å². The van der Waals surface area contributed by atoms with Crippen LogP contribution in [0.1, 0.15) is 32.0 Å². The Labute approximate surface area is 96.9 Å². The maximum atomic E-state index is 5.71. The zero-order valence-electron chi connectivity index (χ0n) is 10.3. The quantitative estimate of drug-likeness (QED) is 0.796. The number of hydrogen-bond donors (Lipinski definition) is 2. The zero-order valence-corrected chi connectivity index (χ0v) is 10.3. The first-order chi connectivity index (χ1) is 7.54. The average molecular weight is 216 g/mol. The minimum atomic E-state index is 0.142. The van der Waals surface area contributed by atoms with Gasteiger partial charge in [-0.2, -0.15) is 0 Å². The molecule has 86 valence electrons. The van der Waals surface area contributed by atoms with Crippen molar-refractivity contribution in [1.29, 1.82) is 0 Å². The summed E-state index contributed by atoms with van der Waals surface area (Å²) in [5.74, 6) is 0. The Morgan fingerprint density at radius 3 is 2.50 bits per heavy atom. The largest absolute Gasteiger partial charge is 0.358 e. The van der Waals surface area contributed by atoms with Crippen LogP contribution in [0.25, 0.3) is 10.9 Å². The fourth-order valence-electron chi connectivity index (χ4n) is 2.24. The Balaban J connectivity index is 2.68. The van der Waals surface area contributed by atoms with Crippen molar-refractivity contribution >= 4 is 10.9 Å². The number of fused-ring (bicyclic) bond motifs is 1. The van der Waals surface area contributed by atoms with Gasteiger partial charge >= 0.3 is 0 Å². The second-order valence-electron chi connectivity index (χ2n) is 5.31. The number of aromatic nitrogens is 1. The average Bonchev–Trinajstić information content (AvgIpc) is 2.58. The van der Waals surface area contributed by atoms with Crippen molar-refractivity contribution in [2.75, 3.05) is 6.54 Å². The Kier molecular flexibility index (Phi) is 2.76. The van der Waals surface area contributed by atoms with Gasteiger partial charge in [-0.3, -0.25) is 0 Å². The summed E-state index contributed by atoms with van der Waals surface area (Å²) in [6.45, 7) is 7.40. The number of nitrogens with one attached hydrogen (secondary N) is 1. The van der Waals surface area contributed by atoms with E-state index in [-0.39, 0.29) is 5.41 Å². The van der Waals surface area contributed by atoms with Crippen LogP contribution in [0.15, 0.2) is 24.3 Å². The molecule has 0 saturated carbocycles. The predicted octanol–water partition coefficient (Wildman–Crippen LogP) is 2.97. The molecule has 16 heavy (non-hydrogen) atoms. The monoisotopic (exact) mass is 216 g/mol. The number of hydrogen-bond acceptors (Lipinski definition) is 1. The molecule has 0 amide bonds. The van der Waals surface area contributed by atoms with Crippen LogP contribution in [0.2, 0.25) is 0 Å². The van der Waals surface area contributed by atoms with E-state index in [9.17, 15) is 0 Å². The number of aromatic amines is 1. The first kappa shape index (κ1) is 11.2. The van der Waals surface area contributed by atoms with E-state index in [4.69, 9.17) is 5.73 Å². The van der Waals surface area contributed by atoms with Crippen molar-refractivity contribution in [2.24, 2.45) is 5.73 Å². The van der Waals surface area contributed by atoms with Gasteiger partial charge < -0.3 is 10.7 Å². The van der Waals surface area contributed by atoms with E-state index in [1.165, 1.54) is 22.2 Å². The highest BCUT2D eigenvalue weighted by Crippen LogP contribution is 2.31. The standard InChI is InChI=1S/C14H20N2/c1-14(2,3)13-11(8-9-15)10-6-4-5-7-12(10)16-13/h4-7,16H,8-9,15H2,1-3H3. The fraction of sp³-hybridized carbons (Fsp3) is 0.429. The topological polar surface area (TPSA) is 41.8 Å². The summed E-state index contributed by atoms with van der Waals surface area (Å²) in [5, 5.41) is 1.32. The molecule has 0 bridgehead atoms. The molecule has 1 aromatic carbocycles. The summed E-state index contributed by atoms with van der Waals surface area (Å²) >= 11 is 0. The zero-order chi connectivity index (χ0) is 11.8. The molecular weight excluding hydrogens is 196 g/mol. The van der Waals surface area contributed by atoms with Crippen LogP contribution in [0, 0.1) is 0 Å². The van der Waals surface area contributed by atoms with Crippen LogP contribution < -0.4 is 5.73 Å². The molecule has 0 radical (unpaired) electrons. The molecule has 0 unspecified atom stereocenters. The summed E-state index contributed by atoms with van der Waals surface area (Å²) in [4.78, 5) is 3.53. The van der Waals surface area contributed by atoms with Crippen molar-refractivity contribution in [3.8, 4) is 0 Å². The van der Waals surface area contributed by atoms with E-state index >= 15 is 0 Å². The molecule has 2 heteroatoms. The fourth-order valence-corrected chi connectivity index (χ4v) is 2.24. The molecule has 1 aromatic heterocycles. The molecule has 0 aliphatic rings. The highest BCUT2D eigenvalue weighted by molar-refractivity contribution is 5.85. The third-order valence-corrected chi connectivity index (χ3v) is 2.96. The van der Waals surface area contributed by atoms with Gasteiger partial charge in [0.25, 0.3) is 0 Å². The lowest BCUT2D eigenvalue weighted by atomic mass is 9.88. The SMILES string of the molecule is CC(C)(C)c1[nH]c2ccccc2c1CCN. The van der Waals surface area contributed by atoms with Crippen LogP contribution >= 0.6 is 0 Å². The molecule has 0 fully saturated rings. The van der Waals surface area contributed by atoms with Gasteiger partial charge in [-0.05, 0) is 24.6 Å². The lowest BCUT2D eigenvalue weighted by Crippen LogP contribution is -2.16. The molecular formula is C14H20N2. The van der Waals surface area contributed by atoms with Crippen molar-refractivity contribution in [3.05, 3.63) is 35.5 Å². The van der Waals surface area contributed by atoms with Crippen molar-refractivity contribution < 1.29 is 0 Å². The molecule has 2 rings (SSSR count). The molecule has 0 atom stereocenters. The maximum absolute atomic E-state index is 5.71. The van der Waals surface area contributed by atoms with Crippen LogP contribution in [0.3, 0.4) is 0 Å². The molecule has 2 aromatic rings. The van der Waals surface area contributed by atoms with Gasteiger partial charge in [-0.25, -0.2) is 0 Å². The van der Waals surface area contributed by atoms with Crippen LogP contribution in [0.4, 0.5) is 0 Å². The molecule has 0 saturated heterocycles. The Morgan fingerprint density at radius 2 is 1.88 bits per heavy atom. The van der Waals surface area contributed by atoms with Gasteiger partial charge in [0.2, 0.25) is 0 Å². The molecule has 3 N–H and O–H groups in total. The predicted molar refractivity (Wildman–Crippen MR) is 69.8 cm³/mol. The van der Waals surface area contributed by atoms with Crippen LogP contribution in [-0.2, 0) is 11.8 Å². The number of rotatable bonds is 2. The normalized spacial score (nSPS) is 12.2. The number of para-hydroxylation sites is 1. The first-order valence-corrected chi connectivity index (χ1v) is 5.84. The van der Waals surface area contributed by atoms with Crippen LogP contribution in [0.5, 0.6) is 0 Å². The van der Waals surface area contributed by atoms with Crippen molar-refractivity contribution in [2.45, 2.75) is 32.6 Å². The summed E-state index contributed by atoms with van der Waals surface area (Å²) in [6.07, 6.45) is 0.941. The first-order valence-electron chi connectivity index (χ1n) is 5.84.